The van der Waals surface area contributed by atoms with Crippen LogP contribution in [0.3, 0.4) is 0 Å². The largest absolute Gasteiger partial charge is 0.375 e. The van der Waals surface area contributed by atoms with Crippen LogP contribution in [0.25, 0.3) is 0 Å². The molecule has 0 saturated heterocycles. The lowest BCUT2D eigenvalue weighted by atomic mass is 10.2. The molecule has 0 aliphatic carbocycles. The van der Waals surface area contributed by atoms with Crippen LogP contribution in [0.1, 0.15) is 17.8 Å². The minimum atomic E-state index is 0.256. The second-order valence-electron chi connectivity index (χ2n) is 3.22. The highest BCUT2D eigenvalue weighted by Gasteiger charge is 2.08. The molecule has 2 nitrogen and oxygen atoms in total. The molecule has 0 spiro atoms. The highest BCUT2D eigenvalue weighted by atomic mass is 35.5. The molecule has 2 aromatic heterocycles. The number of hydrogen-bond acceptors (Lipinski definition) is 3. The third kappa shape index (κ3) is 2.49. The van der Waals surface area contributed by atoms with E-state index in [-0.39, 0.29) is 6.04 Å². The van der Waals surface area contributed by atoms with Gasteiger partial charge in [-0.15, -0.1) is 11.3 Å². The van der Waals surface area contributed by atoms with Crippen LogP contribution < -0.4 is 5.32 Å². The Morgan fingerprint density at radius 1 is 1.40 bits per heavy atom. The summed E-state index contributed by atoms with van der Waals surface area (Å²) in [5.41, 5.74) is 0.875. The Bertz CT molecular complexity index is 428. The Morgan fingerprint density at radius 2 is 2.27 bits per heavy atom. The van der Waals surface area contributed by atoms with E-state index >= 15 is 0 Å². The lowest BCUT2D eigenvalue weighted by Crippen LogP contribution is -2.05. The quantitative estimate of drug-likeness (QED) is 0.819. The van der Waals surface area contributed by atoms with Crippen molar-refractivity contribution in [3.8, 4) is 0 Å². The molecular formula is C11H11ClN2S. The molecule has 0 aliphatic heterocycles. The van der Waals surface area contributed by atoms with Gasteiger partial charge in [0.1, 0.15) is 0 Å². The van der Waals surface area contributed by atoms with Crippen LogP contribution in [0.4, 0.5) is 5.69 Å². The minimum absolute atomic E-state index is 0.256. The van der Waals surface area contributed by atoms with E-state index in [0.717, 1.165) is 5.69 Å². The number of rotatable bonds is 3. The predicted molar refractivity (Wildman–Crippen MR) is 65.6 cm³/mol. The molecule has 78 valence electrons. The Hall–Kier alpha value is -1.06. The van der Waals surface area contributed by atoms with Crippen molar-refractivity contribution in [1.82, 2.24) is 4.98 Å². The number of nitrogens with one attached hydrogen (secondary N) is 1. The SMILES string of the molecule is CC(Nc1cccnc1Cl)c1cccs1. The number of aromatic nitrogens is 1. The third-order valence-corrected chi connectivity index (χ3v) is 3.46. The Balaban J connectivity index is 2.13. The van der Waals surface area contributed by atoms with Gasteiger partial charge in [-0.3, -0.25) is 0 Å². The maximum Gasteiger partial charge on any atom is 0.152 e. The van der Waals surface area contributed by atoms with Crippen LogP contribution in [-0.4, -0.2) is 4.98 Å². The molecule has 0 saturated carbocycles. The molecule has 2 aromatic rings. The van der Waals surface area contributed by atoms with Gasteiger partial charge in [-0.2, -0.15) is 0 Å². The average Bonchev–Trinajstić information content (AvgIpc) is 2.74. The van der Waals surface area contributed by atoms with Crippen molar-refractivity contribution in [1.29, 1.82) is 0 Å². The van der Waals surface area contributed by atoms with Crippen molar-refractivity contribution in [2.24, 2.45) is 0 Å². The second-order valence-corrected chi connectivity index (χ2v) is 4.56. The minimum Gasteiger partial charge on any atom is -0.375 e. The van der Waals surface area contributed by atoms with Crippen LogP contribution in [0.15, 0.2) is 35.8 Å². The van der Waals surface area contributed by atoms with Gasteiger partial charge >= 0.3 is 0 Å². The van der Waals surface area contributed by atoms with Crippen molar-refractivity contribution in [2.45, 2.75) is 13.0 Å². The number of halogens is 1. The van der Waals surface area contributed by atoms with Crippen LogP contribution in [0, 0.1) is 0 Å². The predicted octanol–water partition coefficient (Wildman–Crippen LogP) is 3.97. The lowest BCUT2D eigenvalue weighted by Gasteiger charge is -2.13. The van der Waals surface area contributed by atoms with E-state index in [0.29, 0.717) is 5.15 Å². The molecule has 1 N–H and O–H groups in total. The van der Waals surface area contributed by atoms with Crippen LogP contribution in [-0.2, 0) is 0 Å². The zero-order valence-electron chi connectivity index (χ0n) is 8.27. The van der Waals surface area contributed by atoms with Gasteiger partial charge in [-0.1, -0.05) is 17.7 Å². The fraction of sp³-hybridized carbons (Fsp3) is 0.182. The van der Waals surface area contributed by atoms with Crippen molar-refractivity contribution in [3.05, 3.63) is 45.9 Å². The molecule has 15 heavy (non-hydrogen) atoms. The summed E-state index contributed by atoms with van der Waals surface area (Å²) < 4.78 is 0. The number of anilines is 1. The number of pyridine rings is 1. The summed E-state index contributed by atoms with van der Waals surface area (Å²) >= 11 is 7.69. The summed E-state index contributed by atoms with van der Waals surface area (Å²) in [5.74, 6) is 0. The van der Waals surface area contributed by atoms with Crippen molar-refractivity contribution in [2.75, 3.05) is 5.32 Å². The first-order valence-corrected chi connectivity index (χ1v) is 5.93. The molecule has 0 amide bonds. The van der Waals surface area contributed by atoms with Crippen molar-refractivity contribution < 1.29 is 0 Å². The molecule has 0 aliphatic rings. The highest BCUT2D eigenvalue weighted by molar-refractivity contribution is 7.10. The summed E-state index contributed by atoms with van der Waals surface area (Å²) in [5, 5.41) is 5.91. The van der Waals surface area contributed by atoms with E-state index in [2.05, 4.69) is 28.7 Å². The maximum absolute atomic E-state index is 5.96. The first kappa shape index (κ1) is 10.5. The standard InChI is InChI=1S/C11H11ClN2S/c1-8(10-5-3-7-15-10)14-9-4-2-6-13-11(9)12/h2-8,14H,1H3. The molecular weight excluding hydrogens is 228 g/mol. The summed E-state index contributed by atoms with van der Waals surface area (Å²) in [6.07, 6.45) is 1.68. The van der Waals surface area contributed by atoms with E-state index in [1.165, 1.54) is 4.88 Å². The van der Waals surface area contributed by atoms with E-state index in [9.17, 15) is 0 Å². The number of hydrogen-bond donors (Lipinski definition) is 1. The summed E-state index contributed by atoms with van der Waals surface area (Å²) in [4.78, 5) is 5.31. The Labute approximate surface area is 97.9 Å². The van der Waals surface area contributed by atoms with Gasteiger partial charge in [-0.25, -0.2) is 4.98 Å². The van der Waals surface area contributed by atoms with Crippen molar-refractivity contribution >= 4 is 28.6 Å². The molecule has 2 heterocycles. The molecule has 1 unspecified atom stereocenters. The van der Waals surface area contributed by atoms with Gasteiger partial charge in [0.05, 0.1) is 11.7 Å². The molecule has 0 fully saturated rings. The van der Waals surface area contributed by atoms with Gasteiger partial charge < -0.3 is 5.32 Å². The van der Waals surface area contributed by atoms with Gasteiger partial charge in [-0.05, 0) is 30.5 Å². The van der Waals surface area contributed by atoms with Gasteiger partial charge in [0.2, 0.25) is 0 Å². The van der Waals surface area contributed by atoms with E-state index in [1.54, 1.807) is 17.5 Å². The van der Waals surface area contributed by atoms with Crippen LogP contribution in [0.5, 0.6) is 0 Å². The first-order chi connectivity index (χ1) is 7.27. The molecule has 2 rings (SSSR count). The van der Waals surface area contributed by atoms with E-state index in [1.807, 2.05) is 18.2 Å². The van der Waals surface area contributed by atoms with Crippen LogP contribution >= 0.6 is 22.9 Å². The summed E-state index contributed by atoms with van der Waals surface area (Å²) in [6.45, 7) is 2.11. The normalized spacial score (nSPS) is 12.4. The van der Waals surface area contributed by atoms with E-state index in [4.69, 9.17) is 11.6 Å². The molecule has 0 radical (unpaired) electrons. The third-order valence-electron chi connectivity index (χ3n) is 2.10. The topological polar surface area (TPSA) is 24.9 Å². The summed E-state index contributed by atoms with van der Waals surface area (Å²) in [6, 6.07) is 8.21. The second kappa shape index (κ2) is 4.64. The Morgan fingerprint density at radius 3 is 2.93 bits per heavy atom. The van der Waals surface area contributed by atoms with Gasteiger partial charge in [0.15, 0.2) is 5.15 Å². The molecule has 0 aromatic carbocycles. The van der Waals surface area contributed by atoms with Crippen LogP contribution in [0.2, 0.25) is 5.15 Å². The monoisotopic (exact) mass is 238 g/mol. The zero-order chi connectivity index (χ0) is 10.7. The Kier molecular flexibility index (Phi) is 3.23. The fourth-order valence-corrected chi connectivity index (χ4v) is 2.24. The smallest absolute Gasteiger partial charge is 0.152 e. The summed E-state index contributed by atoms with van der Waals surface area (Å²) in [7, 11) is 0. The van der Waals surface area contributed by atoms with Crippen molar-refractivity contribution in [3.63, 3.8) is 0 Å². The lowest BCUT2D eigenvalue weighted by molar-refractivity contribution is 0.906. The molecule has 1 atom stereocenters. The average molecular weight is 239 g/mol. The number of nitrogens with zero attached hydrogens (tertiary/aromatic N) is 1. The van der Waals surface area contributed by atoms with E-state index < -0.39 is 0 Å². The molecule has 0 bridgehead atoms. The molecule has 4 heteroatoms. The maximum atomic E-state index is 5.96. The number of thiophene rings is 1. The fourth-order valence-electron chi connectivity index (χ4n) is 1.34. The first-order valence-electron chi connectivity index (χ1n) is 4.68. The highest BCUT2D eigenvalue weighted by Crippen LogP contribution is 2.26. The van der Waals surface area contributed by atoms with Gasteiger partial charge in [0, 0.05) is 11.1 Å². The van der Waals surface area contributed by atoms with Gasteiger partial charge in [0.25, 0.3) is 0 Å². The zero-order valence-corrected chi connectivity index (χ0v) is 9.85.